The Morgan fingerprint density at radius 1 is 1.32 bits per heavy atom. The van der Waals surface area contributed by atoms with Gasteiger partial charge in [0.05, 0.1) is 30.5 Å². The maximum absolute atomic E-state index is 10.8. The number of halogens is 1. The summed E-state index contributed by atoms with van der Waals surface area (Å²) in [6.45, 7) is 0. The second-order valence-corrected chi connectivity index (χ2v) is 4.07. The number of methoxy groups -OCH3 is 2. The minimum absolute atomic E-state index is 0.0241. The first kappa shape index (κ1) is 13.2. The predicted molar refractivity (Wildman–Crippen MR) is 69.1 cm³/mol. The van der Waals surface area contributed by atoms with Crippen LogP contribution in [0.25, 0.3) is 11.3 Å². The molecule has 0 saturated carbocycles. The van der Waals surface area contributed by atoms with Crippen LogP contribution in [0.2, 0.25) is 5.02 Å². The molecule has 2 aromatic rings. The molecule has 7 heteroatoms. The molecule has 1 heterocycles. The summed E-state index contributed by atoms with van der Waals surface area (Å²) >= 11 is 6.15. The van der Waals surface area contributed by atoms with Gasteiger partial charge in [0.1, 0.15) is 17.2 Å². The highest BCUT2D eigenvalue weighted by Crippen LogP contribution is 2.39. The van der Waals surface area contributed by atoms with E-state index >= 15 is 0 Å². The lowest BCUT2D eigenvalue weighted by atomic mass is 10.1. The first-order valence-electron chi connectivity index (χ1n) is 5.27. The molecule has 19 heavy (non-hydrogen) atoms. The zero-order valence-corrected chi connectivity index (χ0v) is 11.0. The molecule has 0 saturated heterocycles. The molecule has 0 bridgehead atoms. The van der Waals surface area contributed by atoms with E-state index in [0.29, 0.717) is 27.8 Å². The van der Waals surface area contributed by atoms with Crippen molar-refractivity contribution in [2.45, 2.75) is 0 Å². The number of carboxylic acids is 1. The van der Waals surface area contributed by atoms with Crippen molar-refractivity contribution in [2.75, 3.05) is 14.2 Å². The van der Waals surface area contributed by atoms with Gasteiger partial charge in [-0.05, 0) is 12.1 Å². The summed E-state index contributed by atoms with van der Waals surface area (Å²) < 4.78 is 10.3. The van der Waals surface area contributed by atoms with Crippen LogP contribution >= 0.6 is 11.6 Å². The number of carboxylic acid groups (broad SMARTS) is 1. The Labute approximate surface area is 113 Å². The van der Waals surface area contributed by atoms with Crippen molar-refractivity contribution in [3.05, 3.63) is 28.9 Å². The Kier molecular flexibility index (Phi) is 3.62. The molecule has 0 atom stereocenters. The van der Waals surface area contributed by atoms with Crippen LogP contribution < -0.4 is 9.47 Å². The molecular weight excluding hydrogens is 272 g/mol. The highest BCUT2D eigenvalue weighted by atomic mass is 35.5. The fourth-order valence-electron chi connectivity index (χ4n) is 1.64. The van der Waals surface area contributed by atoms with Crippen LogP contribution in [0.1, 0.15) is 10.5 Å². The molecule has 0 unspecified atom stereocenters. The average molecular weight is 283 g/mol. The van der Waals surface area contributed by atoms with E-state index in [0.717, 1.165) is 0 Å². The van der Waals surface area contributed by atoms with Crippen LogP contribution in [0.4, 0.5) is 0 Å². The molecule has 6 nitrogen and oxygen atoms in total. The third-order valence-electron chi connectivity index (χ3n) is 2.55. The van der Waals surface area contributed by atoms with E-state index in [-0.39, 0.29) is 5.69 Å². The number of rotatable bonds is 4. The summed E-state index contributed by atoms with van der Waals surface area (Å²) in [5.74, 6) is -0.102. The summed E-state index contributed by atoms with van der Waals surface area (Å²) in [5, 5.41) is 15.6. The second kappa shape index (κ2) is 5.19. The fourth-order valence-corrected chi connectivity index (χ4v) is 1.94. The van der Waals surface area contributed by atoms with E-state index in [1.54, 1.807) is 12.1 Å². The van der Waals surface area contributed by atoms with Crippen molar-refractivity contribution in [2.24, 2.45) is 0 Å². The monoisotopic (exact) mass is 282 g/mol. The molecule has 0 aliphatic carbocycles. The van der Waals surface area contributed by atoms with Crippen molar-refractivity contribution in [3.8, 4) is 22.8 Å². The Morgan fingerprint density at radius 3 is 2.58 bits per heavy atom. The maximum Gasteiger partial charge on any atom is 0.353 e. The number of nitrogens with one attached hydrogen (secondary N) is 1. The molecule has 0 fully saturated rings. The standard InChI is InChI=1S/C12H11ClN2O4/c1-18-6-3-7(13)11(10(4-6)19-2)8-5-9(12(16)17)15-14-8/h3-5H,1-2H3,(H,14,15)(H,16,17). The van der Waals surface area contributed by atoms with Gasteiger partial charge in [0.25, 0.3) is 0 Å². The molecule has 2 N–H and O–H groups in total. The van der Waals surface area contributed by atoms with Crippen molar-refractivity contribution in [3.63, 3.8) is 0 Å². The van der Waals surface area contributed by atoms with Crippen LogP contribution in [0, 0.1) is 0 Å². The molecule has 1 aromatic heterocycles. The van der Waals surface area contributed by atoms with E-state index in [1.165, 1.54) is 20.3 Å². The highest BCUT2D eigenvalue weighted by molar-refractivity contribution is 6.33. The number of hydrogen-bond acceptors (Lipinski definition) is 4. The Balaban J connectivity index is 2.56. The average Bonchev–Trinajstić information content (AvgIpc) is 2.86. The lowest BCUT2D eigenvalue weighted by Crippen LogP contribution is -1.95. The van der Waals surface area contributed by atoms with Gasteiger partial charge in [-0.2, -0.15) is 5.10 Å². The largest absolute Gasteiger partial charge is 0.497 e. The number of carbonyl (C=O) groups is 1. The molecule has 0 radical (unpaired) electrons. The first-order chi connectivity index (χ1) is 9.06. The van der Waals surface area contributed by atoms with E-state index < -0.39 is 5.97 Å². The number of ether oxygens (including phenoxy) is 2. The number of H-pyrrole nitrogens is 1. The lowest BCUT2D eigenvalue weighted by molar-refractivity contribution is 0.0690. The number of aromatic amines is 1. The smallest absolute Gasteiger partial charge is 0.353 e. The van der Waals surface area contributed by atoms with Gasteiger partial charge in [0.15, 0.2) is 0 Å². The van der Waals surface area contributed by atoms with Crippen LogP contribution in [0.3, 0.4) is 0 Å². The Hall–Kier alpha value is -2.21. The number of nitrogens with zero attached hydrogens (tertiary/aromatic N) is 1. The van der Waals surface area contributed by atoms with E-state index in [1.807, 2.05) is 0 Å². The molecule has 1 aromatic carbocycles. The van der Waals surface area contributed by atoms with Gasteiger partial charge in [-0.3, -0.25) is 5.10 Å². The van der Waals surface area contributed by atoms with Crippen LogP contribution in [0.5, 0.6) is 11.5 Å². The minimum atomic E-state index is -1.10. The van der Waals surface area contributed by atoms with Gasteiger partial charge >= 0.3 is 5.97 Å². The fraction of sp³-hybridized carbons (Fsp3) is 0.167. The minimum Gasteiger partial charge on any atom is -0.497 e. The summed E-state index contributed by atoms with van der Waals surface area (Å²) in [7, 11) is 3.00. The van der Waals surface area contributed by atoms with Crippen LogP contribution in [0.15, 0.2) is 18.2 Å². The maximum atomic E-state index is 10.8. The van der Waals surface area contributed by atoms with E-state index in [9.17, 15) is 4.79 Å². The van der Waals surface area contributed by atoms with Gasteiger partial charge in [0.2, 0.25) is 0 Å². The number of aromatic nitrogens is 2. The lowest BCUT2D eigenvalue weighted by Gasteiger charge is -2.10. The van der Waals surface area contributed by atoms with Gasteiger partial charge in [-0.25, -0.2) is 4.79 Å². The molecule has 2 rings (SSSR count). The van der Waals surface area contributed by atoms with Gasteiger partial charge < -0.3 is 14.6 Å². The Bertz CT molecular complexity index is 624. The summed E-state index contributed by atoms with van der Waals surface area (Å²) in [6, 6.07) is 4.64. The van der Waals surface area contributed by atoms with Crippen LogP contribution in [-0.4, -0.2) is 35.5 Å². The topological polar surface area (TPSA) is 84.4 Å². The van der Waals surface area contributed by atoms with Crippen molar-refractivity contribution >= 4 is 17.6 Å². The highest BCUT2D eigenvalue weighted by Gasteiger charge is 2.17. The Morgan fingerprint density at radius 2 is 2.05 bits per heavy atom. The molecule has 0 aliphatic rings. The van der Waals surface area contributed by atoms with E-state index in [2.05, 4.69) is 10.2 Å². The van der Waals surface area contributed by atoms with Crippen molar-refractivity contribution < 1.29 is 19.4 Å². The number of benzene rings is 1. The summed E-state index contributed by atoms with van der Waals surface area (Å²) in [6.07, 6.45) is 0. The number of aromatic carboxylic acids is 1. The van der Waals surface area contributed by atoms with Crippen molar-refractivity contribution in [1.82, 2.24) is 10.2 Å². The summed E-state index contributed by atoms with van der Waals surface area (Å²) in [4.78, 5) is 10.8. The quantitative estimate of drug-likeness (QED) is 0.900. The number of hydrogen-bond donors (Lipinski definition) is 2. The van der Waals surface area contributed by atoms with E-state index in [4.69, 9.17) is 26.2 Å². The normalized spacial score (nSPS) is 10.3. The zero-order chi connectivity index (χ0) is 14.0. The molecule has 0 aliphatic heterocycles. The predicted octanol–water partition coefficient (Wildman–Crippen LogP) is 2.45. The molecule has 0 amide bonds. The van der Waals surface area contributed by atoms with Gasteiger partial charge in [-0.1, -0.05) is 11.6 Å². The third kappa shape index (κ3) is 2.48. The second-order valence-electron chi connectivity index (χ2n) is 3.66. The SMILES string of the molecule is COc1cc(Cl)c(-c2cc(C(=O)O)[nH]n2)c(OC)c1. The van der Waals surface area contributed by atoms with Gasteiger partial charge in [-0.15, -0.1) is 0 Å². The van der Waals surface area contributed by atoms with Gasteiger partial charge in [0, 0.05) is 6.07 Å². The molecule has 100 valence electrons. The third-order valence-corrected chi connectivity index (χ3v) is 2.85. The van der Waals surface area contributed by atoms with Crippen LogP contribution in [-0.2, 0) is 0 Å². The zero-order valence-electron chi connectivity index (χ0n) is 10.2. The summed E-state index contributed by atoms with van der Waals surface area (Å²) in [5.41, 5.74) is 0.875. The van der Waals surface area contributed by atoms with Crippen molar-refractivity contribution in [1.29, 1.82) is 0 Å². The first-order valence-corrected chi connectivity index (χ1v) is 5.65. The molecule has 0 spiro atoms. The molecular formula is C12H11ClN2O4.